The van der Waals surface area contributed by atoms with Gasteiger partial charge in [0, 0.05) is 0 Å². The zero-order valence-corrected chi connectivity index (χ0v) is 9.14. The maximum Gasteiger partial charge on any atom is 0.354 e. The van der Waals surface area contributed by atoms with Crippen molar-refractivity contribution in [2.45, 2.75) is 0 Å². The third-order valence-corrected chi connectivity index (χ3v) is 2.43. The Kier molecular flexibility index (Phi) is 2.23. The van der Waals surface area contributed by atoms with E-state index in [1.807, 2.05) is 24.3 Å². The summed E-state index contributed by atoms with van der Waals surface area (Å²) in [6, 6.07) is 7.57. The number of H-pyrrole nitrogens is 2. The van der Waals surface area contributed by atoms with Crippen LogP contribution in [-0.2, 0) is 0 Å². The molecule has 7 nitrogen and oxygen atoms in total. The number of anilines is 2. The van der Waals surface area contributed by atoms with Crippen molar-refractivity contribution in [3.05, 3.63) is 36.2 Å². The molecule has 0 aliphatic heterocycles. The summed E-state index contributed by atoms with van der Waals surface area (Å²) in [6.07, 6.45) is 1.24. The number of hydrogen-bond donors (Lipinski definition) is 4. The molecule has 0 saturated carbocycles. The Labute approximate surface area is 101 Å². The fourth-order valence-electron chi connectivity index (χ4n) is 1.62. The van der Waals surface area contributed by atoms with Crippen LogP contribution in [0.2, 0.25) is 0 Å². The molecule has 0 aliphatic rings. The molecule has 0 radical (unpaired) electrons. The lowest BCUT2D eigenvalue weighted by Gasteiger charge is -1.95. The van der Waals surface area contributed by atoms with Crippen LogP contribution in [0.4, 0.5) is 11.9 Å². The lowest BCUT2D eigenvalue weighted by Crippen LogP contribution is -1.98. The van der Waals surface area contributed by atoms with Gasteiger partial charge < -0.3 is 15.1 Å². The predicted molar refractivity (Wildman–Crippen MR) is 64.9 cm³/mol. The Morgan fingerprint density at radius 2 is 2.06 bits per heavy atom. The molecule has 2 heterocycles. The first-order chi connectivity index (χ1) is 8.72. The van der Waals surface area contributed by atoms with Gasteiger partial charge in [0.1, 0.15) is 5.69 Å². The molecule has 0 spiro atoms. The number of aromatic nitrogens is 4. The summed E-state index contributed by atoms with van der Waals surface area (Å²) in [6.45, 7) is 0. The highest BCUT2D eigenvalue weighted by atomic mass is 16.4. The van der Waals surface area contributed by atoms with Crippen LogP contribution in [0, 0.1) is 0 Å². The van der Waals surface area contributed by atoms with Crippen LogP contribution in [-0.4, -0.2) is 31.0 Å². The van der Waals surface area contributed by atoms with Gasteiger partial charge in [-0.1, -0.05) is 12.1 Å². The molecular formula is C11H9N5O2. The van der Waals surface area contributed by atoms with E-state index in [1.54, 1.807) is 0 Å². The molecule has 0 fully saturated rings. The Morgan fingerprint density at radius 1 is 1.22 bits per heavy atom. The summed E-state index contributed by atoms with van der Waals surface area (Å²) in [5.41, 5.74) is 1.74. The van der Waals surface area contributed by atoms with Crippen molar-refractivity contribution in [1.82, 2.24) is 19.9 Å². The van der Waals surface area contributed by atoms with Crippen molar-refractivity contribution in [3.8, 4) is 0 Å². The molecule has 0 unspecified atom stereocenters. The summed E-state index contributed by atoms with van der Waals surface area (Å²) in [4.78, 5) is 24.5. The van der Waals surface area contributed by atoms with Gasteiger partial charge in [-0.15, -0.1) is 0 Å². The SMILES string of the molecule is O=C(O)c1cnc(Nc2nc3ccccc3[nH]2)[nH]1. The molecule has 0 bridgehead atoms. The van der Waals surface area contributed by atoms with Crippen molar-refractivity contribution < 1.29 is 9.90 Å². The number of carboxylic acid groups (broad SMARTS) is 1. The van der Waals surface area contributed by atoms with E-state index in [0.717, 1.165) is 11.0 Å². The Balaban J connectivity index is 1.88. The molecule has 3 aromatic rings. The van der Waals surface area contributed by atoms with Crippen molar-refractivity contribution >= 4 is 28.9 Å². The Bertz CT molecular complexity index is 682. The van der Waals surface area contributed by atoms with Gasteiger partial charge >= 0.3 is 5.97 Å². The highest BCUT2D eigenvalue weighted by Crippen LogP contribution is 2.16. The standard InChI is InChI=1S/C11H9N5O2/c17-9(18)8-5-12-10(15-8)16-11-13-6-3-1-2-4-7(6)14-11/h1-5H,(H,17,18)(H3,12,13,14,15,16). The second kappa shape index (κ2) is 3.88. The molecule has 3 rings (SSSR count). The van der Waals surface area contributed by atoms with E-state index in [2.05, 4.69) is 25.3 Å². The highest BCUT2D eigenvalue weighted by molar-refractivity contribution is 5.85. The van der Waals surface area contributed by atoms with Crippen LogP contribution >= 0.6 is 0 Å². The maximum atomic E-state index is 10.7. The lowest BCUT2D eigenvalue weighted by atomic mass is 10.3. The van der Waals surface area contributed by atoms with Crippen molar-refractivity contribution in [2.75, 3.05) is 5.32 Å². The van der Waals surface area contributed by atoms with Crippen LogP contribution < -0.4 is 5.32 Å². The molecule has 0 amide bonds. The monoisotopic (exact) mass is 243 g/mol. The topological polar surface area (TPSA) is 107 Å². The molecule has 0 atom stereocenters. The summed E-state index contributed by atoms with van der Waals surface area (Å²) in [5.74, 6) is -0.228. The fraction of sp³-hybridized carbons (Fsp3) is 0. The molecule has 0 saturated heterocycles. The zero-order chi connectivity index (χ0) is 12.5. The molecule has 90 valence electrons. The predicted octanol–water partition coefficient (Wildman–Crippen LogP) is 1.73. The van der Waals surface area contributed by atoms with Gasteiger partial charge in [0.15, 0.2) is 0 Å². The lowest BCUT2D eigenvalue weighted by molar-refractivity contribution is 0.0691. The minimum Gasteiger partial charge on any atom is -0.477 e. The number of para-hydroxylation sites is 2. The van der Waals surface area contributed by atoms with Gasteiger partial charge in [0.2, 0.25) is 11.9 Å². The van der Waals surface area contributed by atoms with Crippen LogP contribution in [0.15, 0.2) is 30.5 Å². The fourth-order valence-corrected chi connectivity index (χ4v) is 1.62. The third kappa shape index (κ3) is 1.77. The quantitative estimate of drug-likeness (QED) is 0.560. The van der Waals surface area contributed by atoms with Crippen LogP contribution in [0.25, 0.3) is 11.0 Å². The van der Waals surface area contributed by atoms with E-state index in [4.69, 9.17) is 5.11 Å². The molecule has 7 heteroatoms. The van der Waals surface area contributed by atoms with E-state index < -0.39 is 5.97 Å². The summed E-state index contributed by atoms with van der Waals surface area (Å²) < 4.78 is 0. The van der Waals surface area contributed by atoms with Crippen LogP contribution in [0.1, 0.15) is 10.5 Å². The number of imidazole rings is 2. The number of hydrogen-bond acceptors (Lipinski definition) is 4. The van der Waals surface area contributed by atoms with Gasteiger partial charge in [0.25, 0.3) is 0 Å². The van der Waals surface area contributed by atoms with Gasteiger partial charge in [-0.25, -0.2) is 14.8 Å². The molecule has 18 heavy (non-hydrogen) atoms. The second-order valence-corrected chi connectivity index (χ2v) is 3.68. The number of aromatic carboxylic acids is 1. The zero-order valence-electron chi connectivity index (χ0n) is 9.14. The third-order valence-electron chi connectivity index (χ3n) is 2.43. The molecule has 4 N–H and O–H groups in total. The number of aromatic amines is 2. The largest absolute Gasteiger partial charge is 0.477 e. The molecule has 0 aliphatic carbocycles. The summed E-state index contributed by atoms with van der Waals surface area (Å²) in [5, 5.41) is 11.6. The number of carbonyl (C=O) groups is 1. The first kappa shape index (κ1) is 10.3. The average Bonchev–Trinajstić information content (AvgIpc) is 2.94. The van der Waals surface area contributed by atoms with Crippen LogP contribution in [0.3, 0.4) is 0 Å². The van der Waals surface area contributed by atoms with E-state index in [-0.39, 0.29) is 5.69 Å². The molecular weight excluding hydrogens is 234 g/mol. The highest BCUT2D eigenvalue weighted by Gasteiger charge is 2.08. The number of rotatable bonds is 3. The van der Waals surface area contributed by atoms with Crippen molar-refractivity contribution in [3.63, 3.8) is 0 Å². The minimum atomic E-state index is -1.06. The van der Waals surface area contributed by atoms with Crippen LogP contribution in [0.5, 0.6) is 0 Å². The van der Waals surface area contributed by atoms with Crippen molar-refractivity contribution in [2.24, 2.45) is 0 Å². The smallest absolute Gasteiger partial charge is 0.354 e. The normalized spacial score (nSPS) is 10.7. The van der Waals surface area contributed by atoms with Gasteiger partial charge in [-0.3, -0.25) is 5.32 Å². The number of carboxylic acids is 1. The number of nitrogens with zero attached hydrogens (tertiary/aromatic N) is 2. The number of nitrogens with one attached hydrogen (secondary N) is 3. The summed E-state index contributed by atoms with van der Waals surface area (Å²) >= 11 is 0. The minimum absolute atomic E-state index is 0.0219. The summed E-state index contributed by atoms with van der Waals surface area (Å²) in [7, 11) is 0. The van der Waals surface area contributed by atoms with Gasteiger partial charge in [-0.2, -0.15) is 0 Å². The van der Waals surface area contributed by atoms with Gasteiger partial charge in [-0.05, 0) is 12.1 Å². The van der Waals surface area contributed by atoms with E-state index in [1.165, 1.54) is 6.20 Å². The number of fused-ring (bicyclic) bond motifs is 1. The first-order valence-corrected chi connectivity index (χ1v) is 5.22. The van der Waals surface area contributed by atoms with Crippen molar-refractivity contribution in [1.29, 1.82) is 0 Å². The first-order valence-electron chi connectivity index (χ1n) is 5.22. The van der Waals surface area contributed by atoms with E-state index in [0.29, 0.717) is 11.9 Å². The molecule has 1 aromatic carbocycles. The van der Waals surface area contributed by atoms with E-state index >= 15 is 0 Å². The Hall–Kier alpha value is -2.83. The van der Waals surface area contributed by atoms with E-state index in [9.17, 15) is 4.79 Å². The average molecular weight is 243 g/mol. The number of benzene rings is 1. The molecule has 2 aromatic heterocycles. The maximum absolute atomic E-state index is 10.7. The second-order valence-electron chi connectivity index (χ2n) is 3.68. The Morgan fingerprint density at radius 3 is 2.78 bits per heavy atom. The van der Waals surface area contributed by atoms with Gasteiger partial charge in [0.05, 0.1) is 17.2 Å².